The van der Waals surface area contributed by atoms with Crippen molar-refractivity contribution < 1.29 is 9.15 Å². The highest BCUT2D eigenvalue weighted by Crippen LogP contribution is 2.35. The largest absolute Gasteiger partial charge is 0.418 e. The van der Waals surface area contributed by atoms with Crippen LogP contribution in [0.15, 0.2) is 53.2 Å². The molecule has 7 heteroatoms. The van der Waals surface area contributed by atoms with Crippen molar-refractivity contribution in [3.05, 3.63) is 54.7 Å². The Morgan fingerprint density at radius 3 is 2.92 bits per heavy atom. The molecule has 0 fully saturated rings. The first kappa shape index (κ1) is 14.9. The van der Waals surface area contributed by atoms with E-state index in [1.807, 2.05) is 12.3 Å². The van der Waals surface area contributed by atoms with E-state index in [0.29, 0.717) is 11.8 Å². The molecular formula is C19H15N5O2. The van der Waals surface area contributed by atoms with Gasteiger partial charge in [0.15, 0.2) is 0 Å². The van der Waals surface area contributed by atoms with E-state index < -0.39 is 0 Å². The molecule has 3 aromatic heterocycles. The van der Waals surface area contributed by atoms with E-state index in [-0.39, 0.29) is 6.61 Å². The topological polar surface area (TPSA) is 92.6 Å². The molecule has 5 aromatic rings. The van der Waals surface area contributed by atoms with Crippen molar-refractivity contribution in [2.24, 2.45) is 0 Å². The van der Waals surface area contributed by atoms with E-state index in [1.165, 1.54) is 0 Å². The molecule has 3 heterocycles. The maximum Gasteiger partial charge on any atom is 0.248 e. The van der Waals surface area contributed by atoms with E-state index in [0.717, 1.165) is 38.5 Å². The zero-order valence-corrected chi connectivity index (χ0v) is 14.0. The fourth-order valence-electron chi connectivity index (χ4n) is 3.27. The van der Waals surface area contributed by atoms with Crippen LogP contribution in [0.5, 0.6) is 0 Å². The first-order valence-electron chi connectivity index (χ1n) is 8.19. The standard InChI is InChI=1S/C19H15N5O2/c1-25-10-18-23-24-19(26-18)14-7-11(8-17-15(14)9-21-22-17)12-3-2-4-16-13(12)5-6-20-16/h2-9,20H,10H2,1H3,(H,21,22). The molecular weight excluding hydrogens is 330 g/mol. The lowest BCUT2D eigenvalue weighted by Crippen LogP contribution is -1.85. The number of nitrogens with zero attached hydrogens (tertiary/aromatic N) is 3. The van der Waals surface area contributed by atoms with Gasteiger partial charge in [0, 0.05) is 29.6 Å². The van der Waals surface area contributed by atoms with Gasteiger partial charge in [-0.1, -0.05) is 12.1 Å². The molecule has 128 valence electrons. The smallest absolute Gasteiger partial charge is 0.248 e. The lowest BCUT2D eigenvalue weighted by atomic mass is 9.98. The molecule has 2 N–H and O–H groups in total. The van der Waals surface area contributed by atoms with Crippen LogP contribution < -0.4 is 0 Å². The Morgan fingerprint density at radius 2 is 2.00 bits per heavy atom. The Labute approximate surface area is 148 Å². The second kappa shape index (κ2) is 5.82. The quantitative estimate of drug-likeness (QED) is 0.515. The van der Waals surface area contributed by atoms with Gasteiger partial charge in [-0.2, -0.15) is 5.10 Å². The lowest BCUT2D eigenvalue weighted by molar-refractivity contribution is 0.160. The highest BCUT2D eigenvalue weighted by Gasteiger charge is 2.16. The molecule has 26 heavy (non-hydrogen) atoms. The highest BCUT2D eigenvalue weighted by atomic mass is 16.5. The average Bonchev–Trinajstić information content (AvgIpc) is 3.40. The second-order valence-electron chi connectivity index (χ2n) is 6.03. The molecule has 0 aliphatic heterocycles. The minimum Gasteiger partial charge on any atom is -0.418 e. The van der Waals surface area contributed by atoms with E-state index in [1.54, 1.807) is 13.3 Å². The normalized spacial score (nSPS) is 11.6. The van der Waals surface area contributed by atoms with Crippen molar-refractivity contribution in [2.45, 2.75) is 6.61 Å². The van der Waals surface area contributed by atoms with Crippen molar-refractivity contribution in [2.75, 3.05) is 7.11 Å². The van der Waals surface area contributed by atoms with Crippen LogP contribution in [0, 0.1) is 0 Å². The summed E-state index contributed by atoms with van der Waals surface area (Å²) in [5, 5.41) is 17.5. The summed E-state index contributed by atoms with van der Waals surface area (Å²) >= 11 is 0. The van der Waals surface area contributed by atoms with Gasteiger partial charge in [-0.05, 0) is 35.4 Å². The molecule has 7 nitrogen and oxygen atoms in total. The Hall–Kier alpha value is -3.45. The second-order valence-corrected chi connectivity index (χ2v) is 6.03. The van der Waals surface area contributed by atoms with Crippen LogP contribution in [0.25, 0.3) is 44.4 Å². The van der Waals surface area contributed by atoms with Crippen LogP contribution in [-0.2, 0) is 11.3 Å². The molecule has 0 aliphatic rings. The maximum absolute atomic E-state index is 5.76. The van der Waals surface area contributed by atoms with Crippen molar-refractivity contribution in [1.29, 1.82) is 0 Å². The number of nitrogens with one attached hydrogen (secondary N) is 2. The minimum atomic E-state index is 0.282. The Morgan fingerprint density at radius 1 is 1.04 bits per heavy atom. The third kappa shape index (κ3) is 2.29. The predicted octanol–water partition coefficient (Wildman–Crippen LogP) is 3.91. The zero-order chi connectivity index (χ0) is 17.5. The first-order chi connectivity index (χ1) is 12.8. The SMILES string of the molecule is COCc1nnc(-c2cc(-c3cccc4[nH]ccc34)cc3[nH]ncc23)o1. The van der Waals surface area contributed by atoms with Crippen LogP contribution in [0.1, 0.15) is 5.89 Å². The summed E-state index contributed by atoms with van der Waals surface area (Å²) in [5.74, 6) is 0.892. The number of H-pyrrole nitrogens is 2. The molecule has 0 bridgehead atoms. The van der Waals surface area contributed by atoms with Crippen molar-refractivity contribution in [3.63, 3.8) is 0 Å². The van der Waals surface area contributed by atoms with Gasteiger partial charge >= 0.3 is 0 Å². The van der Waals surface area contributed by atoms with Gasteiger partial charge in [0.05, 0.1) is 17.3 Å². The third-order valence-corrected chi connectivity index (χ3v) is 4.43. The monoisotopic (exact) mass is 345 g/mol. The van der Waals surface area contributed by atoms with E-state index in [2.05, 4.69) is 55.7 Å². The van der Waals surface area contributed by atoms with Gasteiger partial charge in [-0.15, -0.1) is 10.2 Å². The highest BCUT2D eigenvalue weighted by molar-refractivity contribution is 6.01. The van der Waals surface area contributed by atoms with Crippen LogP contribution in [-0.4, -0.2) is 32.5 Å². The third-order valence-electron chi connectivity index (χ3n) is 4.43. The number of aromatic nitrogens is 5. The molecule has 0 aliphatic carbocycles. The molecule has 0 unspecified atom stereocenters. The lowest BCUT2D eigenvalue weighted by Gasteiger charge is -2.07. The number of hydrogen-bond donors (Lipinski definition) is 2. The Balaban J connectivity index is 1.74. The van der Waals surface area contributed by atoms with Crippen LogP contribution in [0.2, 0.25) is 0 Å². The molecule has 0 radical (unpaired) electrons. The Kier molecular flexibility index (Phi) is 3.32. The van der Waals surface area contributed by atoms with Gasteiger partial charge in [0.25, 0.3) is 0 Å². The van der Waals surface area contributed by atoms with Gasteiger partial charge in [0.2, 0.25) is 11.8 Å². The van der Waals surface area contributed by atoms with Crippen LogP contribution in [0.3, 0.4) is 0 Å². The van der Waals surface area contributed by atoms with E-state index in [4.69, 9.17) is 9.15 Å². The summed E-state index contributed by atoms with van der Waals surface area (Å²) in [4.78, 5) is 3.25. The number of fused-ring (bicyclic) bond motifs is 2. The molecule has 0 atom stereocenters. The summed E-state index contributed by atoms with van der Waals surface area (Å²) in [6, 6.07) is 12.4. The summed E-state index contributed by atoms with van der Waals surface area (Å²) in [6.07, 6.45) is 3.71. The fourth-order valence-corrected chi connectivity index (χ4v) is 3.27. The average molecular weight is 345 g/mol. The molecule has 0 amide bonds. The summed E-state index contributed by atoms with van der Waals surface area (Å²) in [7, 11) is 1.59. The fraction of sp³-hybridized carbons (Fsp3) is 0.105. The predicted molar refractivity (Wildman–Crippen MR) is 97.4 cm³/mol. The van der Waals surface area contributed by atoms with E-state index >= 15 is 0 Å². The number of hydrogen-bond acceptors (Lipinski definition) is 5. The Bertz CT molecular complexity index is 1220. The minimum absolute atomic E-state index is 0.282. The zero-order valence-electron chi connectivity index (χ0n) is 14.0. The summed E-state index contributed by atoms with van der Waals surface area (Å²) < 4.78 is 10.8. The number of aromatic amines is 2. The number of ether oxygens (including phenoxy) is 1. The molecule has 0 spiro atoms. The van der Waals surface area contributed by atoms with Gasteiger partial charge < -0.3 is 14.1 Å². The molecule has 0 saturated carbocycles. The molecule has 5 rings (SSSR count). The van der Waals surface area contributed by atoms with E-state index in [9.17, 15) is 0 Å². The number of benzene rings is 2. The van der Waals surface area contributed by atoms with Crippen molar-refractivity contribution in [1.82, 2.24) is 25.4 Å². The van der Waals surface area contributed by atoms with Gasteiger partial charge in [-0.3, -0.25) is 5.10 Å². The van der Waals surface area contributed by atoms with Crippen molar-refractivity contribution >= 4 is 21.8 Å². The van der Waals surface area contributed by atoms with Gasteiger partial charge in [0.1, 0.15) is 6.61 Å². The van der Waals surface area contributed by atoms with Gasteiger partial charge in [-0.25, -0.2) is 0 Å². The number of rotatable bonds is 4. The maximum atomic E-state index is 5.76. The number of methoxy groups -OCH3 is 1. The van der Waals surface area contributed by atoms with Crippen LogP contribution in [0.4, 0.5) is 0 Å². The molecule has 0 saturated heterocycles. The van der Waals surface area contributed by atoms with Crippen LogP contribution >= 0.6 is 0 Å². The van der Waals surface area contributed by atoms with Crippen molar-refractivity contribution in [3.8, 4) is 22.6 Å². The summed E-state index contributed by atoms with van der Waals surface area (Å²) in [6.45, 7) is 0.282. The first-order valence-corrected chi connectivity index (χ1v) is 8.19. The molecule has 2 aromatic carbocycles. The summed E-state index contributed by atoms with van der Waals surface area (Å²) in [5.41, 5.74) is 5.02.